The van der Waals surface area contributed by atoms with Gasteiger partial charge in [-0.2, -0.15) is 0 Å². The molecule has 1 aromatic carbocycles. The molecule has 3 N–H and O–H groups in total. The molecule has 0 saturated heterocycles. The normalized spacial score (nSPS) is 15.4. The molecule has 0 atom stereocenters. The third kappa shape index (κ3) is 3.28. The number of nitrogens with one attached hydrogen (secondary N) is 1. The predicted octanol–water partition coefficient (Wildman–Crippen LogP) is 4.39. The molecule has 0 spiro atoms. The highest BCUT2D eigenvalue weighted by atomic mass is 35.5. The smallest absolute Gasteiger partial charge is 0.161 e. The van der Waals surface area contributed by atoms with Crippen molar-refractivity contribution in [2.75, 3.05) is 5.43 Å². The van der Waals surface area contributed by atoms with Gasteiger partial charge in [-0.1, -0.05) is 36.0 Å². The van der Waals surface area contributed by atoms with Gasteiger partial charge in [-0.05, 0) is 31.0 Å². The van der Waals surface area contributed by atoms with Crippen LogP contribution in [0.25, 0.3) is 11.4 Å². The minimum atomic E-state index is 0.480. The van der Waals surface area contributed by atoms with Gasteiger partial charge in [-0.25, -0.2) is 15.8 Å². The first-order valence-corrected chi connectivity index (χ1v) is 7.73. The molecule has 3 rings (SSSR count). The van der Waals surface area contributed by atoms with E-state index in [-0.39, 0.29) is 0 Å². The van der Waals surface area contributed by atoms with Crippen molar-refractivity contribution in [3.63, 3.8) is 0 Å². The molecule has 1 aliphatic carbocycles. The van der Waals surface area contributed by atoms with Crippen molar-refractivity contribution in [2.24, 2.45) is 5.84 Å². The van der Waals surface area contributed by atoms with Gasteiger partial charge in [-0.15, -0.1) is 0 Å². The first-order valence-electron chi connectivity index (χ1n) is 6.98. The molecule has 0 amide bonds. The summed E-state index contributed by atoms with van der Waals surface area (Å²) in [6.45, 7) is 0. The van der Waals surface area contributed by atoms with Crippen molar-refractivity contribution in [2.45, 2.75) is 31.6 Å². The fourth-order valence-corrected chi connectivity index (χ4v) is 3.31. The molecule has 110 valence electrons. The second-order valence-corrected chi connectivity index (χ2v) is 6.16. The second-order valence-electron chi connectivity index (χ2n) is 5.29. The Hall–Kier alpha value is -1.36. The Morgan fingerprint density at radius 3 is 2.29 bits per heavy atom. The first kappa shape index (κ1) is 14.6. The maximum Gasteiger partial charge on any atom is 0.161 e. The van der Waals surface area contributed by atoms with Crippen molar-refractivity contribution in [3.8, 4) is 11.4 Å². The van der Waals surface area contributed by atoms with Crippen LogP contribution in [0.2, 0.25) is 10.0 Å². The van der Waals surface area contributed by atoms with Crippen molar-refractivity contribution in [1.82, 2.24) is 9.97 Å². The highest BCUT2D eigenvalue weighted by Crippen LogP contribution is 2.35. The van der Waals surface area contributed by atoms with Gasteiger partial charge in [-0.3, -0.25) is 0 Å². The van der Waals surface area contributed by atoms with Crippen molar-refractivity contribution >= 4 is 29.0 Å². The predicted molar refractivity (Wildman–Crippen MR) is 86.5 cm³/mol. The molecule has 0 bridgehead atoms. The average molecular weight is 323 g/mol. The molecule has 6 heteroatoms. The highest BCUT2D eigenvalue weighted by molar-refractivity contribution is 6.35. The van der Waals surface area contributed by atoms with Gasteiger partial charge < -0.3 is 5.43 Å². The zero-order chi connectivity index (χ0) is 14.8. The summed E-state index contributed by atoms with van der Waals surface area (Å²) in [5.74, 6) is 7.22. The molecule has 1 heterocycles. The number of benzene rings is 1. The van der Waals surface area contributed by atoms with Crippen molar-refractivity contribution in [3.05, 3.63) is 40.0 Å². The van der Waals surface area contributed by atoms with Crippen LogP contribution >= 0.6 is 23.2 Å². The van der Waals surface area contributed by atoms with Gasteiger partial charge in [0.15, 0.2) is 5.82 Å². The molecule has 2 aromatic rings. The topological polar surface area (TPSA) is 63.8 Å². The summed E-state index contributed by atoms with van der Waals surface area (Å²) < 4.78 is 0. The van der Waals surface area contributed by atoms with E-state index in [2.05, 4.69) is 10.4 Å². The maximum absolute atomic E-state index is 6.06. The minimum absolute atomic E-state index is 0.480. The molecule has 1 saturated carbocycles. The van der Waals surface area contributed by atoms with Gasteiger partial charge in [0.25, 0.3) is 0 Å². The van der Waals surface area contributed by atoms with E-state index in [1.807, 2.05) is 18.2 Å². The van der Waals surface area contributed by atoms with Gasteiger partial charge in [0.05, 0.1) is 0 Å². The van der Waals surface area contributed by atoms with Crippen LogP contribution in [-0.2, 0) is 0 Å². The van der Waals surface area contributed by atoms with Crippen LogP contribution in [0, 0.1) is 0 Å². The molecular weight excluding hydrogens is 307 g/mol. The van der Waals surface area contributed by atoms with Crippen LogP contribution in [0.5, 0.6) is 0 Å². The van der Waals surface area contributed by atoms with Gasteiger partial charge in [0.1, 0.15) is 5.82 Å². The SMILES string of the molecule is NNc1cc(C2CCCC2)nc(-c2cc(Cl)cc(Cl)c2)n1. The van der Waals surface area contributed by atoms with E-state index >= 15 is 0 Å². The number of rotatable bonds is 3. The van der Waals surface area contributed by atoms with Crippen molar-refractivity contribution < 1.29 is 0 Å². The Morgan fingerprint density at radius 1 is 1.00 bits per heavy atom. The lowest BCUT2D eigenvalue weighted by Gasteiger charge is -2.12. The summed E-state index contributed by atoms with van der Waals surface area (Å²) in [7, 11) is 0. The summed E-state index contributed by atoms with van der Waals surface area (Å²) in [6, 6.07) is 7.23. The molecule has 1 aliphatic rings. The van der Waals surface area contributed by atoms with E-state index in [9.17, 15) is 0 Å². The molecule has 0 aliphatic heterocycles. The van der Waals surface area contributed by atoms with Crippen LogP contribution in [0.15, 0.2) is 24.3 Å². The standard InChI is InChI=1S/C15H16Cl2N4/c16-11-5-10(6-12(17)7-11)15-19-13(8-14(20-15)21-18)9-3-1-2-4-9/h5-9H,1-4,18H2,(H,19,20,21). The molecular formula is C15H16Cl2N4. The summed E-state index contributed by atoms with van der Waals surface area (Å²) in [6.07, 6.45) is 4.82. The Bertz CT molecular complexity index is 634. The van der Waals surface area contributed by atoms with E-state index in [4.69, 9.17) is 34.0 Å². The average Bonchev–Trinajstić information content (AvgIpc) is 3.00. The summed E-state index contributed by atoms with van der Waals surface area (Å²) in [5, 5.41) is 1.13. The van der Waals surface area contributed by atoms with Crippen LogP contribution in [0.4, 0.5) is 5.82 Å². The number of nitrogens with zero attached hydrogens (tertiary/aromatic N) is 2. The Kier molecular flexibility index (Phi) is 4.29. The first-order chi connectivity index (χ1) is 10.2. The Morgan fingerprint density at radius 2 is 1.67 bits per heavy atom. The van der Waals surface area contributed by atoms with Crippen LogP contribution in [-0.4, -0.2) is 9.97 Å². The summed E-state index contributed by atoms with van der Waals surface area (Å²) in [4.78, 5) is 9.10. The van der Waals surface area contributed by atoms with E-state index < -0.39 is 0 Å². The lowest BCUT2D eigenvalue weighted by atomic mass is 10.0. The summed E-state index contributed by atoms with van der Waals surface area (Å²) in [5.41, 5.74) is 4.44. The molecule has 0 unspecified atom stereocenters. The quantitative estimate of drug-likeness (QED) is 0.649. The highest BCUT2D eigenvalue weighted by Gasteiger charge is 2.20. The Labute approximate surface area is 133 Å². The Balaban J connectivity index is 2.06. The number of aromatic nitrogens is 2. The maximum atomic E-state index is 6.06. The molecule has 0 radical (unpaired) electrons. The largest absolute Gasteiger partial charge is 0.308 e. The lowest BCUT2D eigenvalue weighted by Crippen LogP contribution is -2.11. The monoisotopic (exact) mass is 322 g/mol. The van der Waals surface area contributed by atoms with Gasteiger partial charge >= 0.3 is 0 Å². The number of halogens is 2. The van der Waals surface area contributed by atoms with Crippen molar-refractivity contribution in [1.29, 1.82) is 0 Å². The number of hydrazine groups is 1. The molecule has 4 nitrogen and oxygen atoms in total. The number of hydrogen-bond acceptors (Lipinski definition) is 4. The summed E-state index contributed by atoms with van der Waals surface area (Å²) >= 11 is 12.1. The number of nitrogens with two attached hydrogens (primary N) is 1. The van der Waals surface area contributed by atoms with Crippen LogP contribution in [0.3, 0.4) is 0 Å². The van der Waals surface area contributed by atoms with Gasteiger partial charge in [0.2, 0.25) is 0 Å². The molecule has 1 aromatic heterocycles. The van der Waals surface area contributed by atoms with Gasteiger partial charge in [0, 0.05) is 33.3 Å². The van der Waals surface area contributed by atoms with E-state index in [0.717, 1.165) is 24.1 Å². The second kappa shape index (κ2) is 6.18. The zero-order valence-electron chi connectivity index (χ0n) is 11.4. The van der Waals surface area contributed by atoms with E-state index in [1.54, 1.807) is 6.07 Å². The number of anilines is 1. The number of hydrogen-bond donors (Lipinski definition) is 2. The fraction of sp³-hybridized carbons (Fsp3) is 0.333. The fourth-order valence-electron chi connectivity index (χ4n) is 2.78. The minimum Gasteiger partial charge on any atom is -0.308 e. The lowest BCUT2D eigenvalue weighted by molar-refractivity contribution is 0.695. The van der Waals surface area contributed by atoms with Crippen LogP contribution in [0.1, 0.15) is 37.3 Å². The third-order valence-electron chi connectivity index (χ3n) is 3.79. The van der Waals surface area contributed by atoms with Crippen LogP contribution < -0.4 is 11.3 Å². The number of nitrogen functional groups attached to an aromatic ring is 1. The molecule has 21 heavy (non-hydrogen) atoms. The third-order valence-corrected chi connectivity index (χ3v) is 4.22. The molecule has 1 fully saturated rings. The zero-order valence-corrected chi connectivity index (χ0v) is 13.0. The van der Waals surface area contributed by atoms with E-state index in [0.29, 0.717) is 27.6 Å². The van der Waals surface area contributed by atoms with E-state index in [1.165, 1.54) is 12.8 Å².